The molecule has 1 saturated carbocycles. The van der Waals surface area contributed by atoms with Gasteiger partial charge in [-0.25, -0.2) is 0 Å². The van der Waals surface area contributed by atoms with Crippen LogP contribution in [-0.4, -0.2) is 43.0 Å². The van der Waals surface area contributed by atoms with E-state index in [9.17, 15) is 4.79 Å². The van der Waals surface area contributed by atoms with E-state index in [0.717, 1.165) is 38.0 Å². The Bertz CT molecular complexity index is 401. The van der Waals surface area contributed by atoms with Crippen molar-refractivity contribution in [3.63, 3.8) is 0 Å². The van der Waals surface area contributed by atoms with Crippen LogP contribution < -0.4 is 5.32 Å². The summed E-state index contributed by atoms with van der Waals surface area (Å²) in [5.74, 6) is 0.271. The average molecular weight is 247 g/mol. The zero-order valence-corrected chi connectivity index (χ0v) is 11.1. The average Bonchev–Trinajstić information content (AvgIpc) is 3.17. The van der Waals surface area contributed by atoms with Crippen molar-refractivity contribution in [2.24, 2.45) is 5.41 Å². The lowest BCUT2D eigenvalue weighted by Crippen LogP contribution is -2.39. The summed E-state index contributed by atoms with van der Waals surface area (Å²) in [5.41, 5.74) is 0.920. The predicted molar refractivity (Wildman–Crippen MR) is 71.2 cm³/mol. The van der Waals surface area contributed by atoms with Gasteiger partial charge in [0.15, 0.2) is 0 Å². The van der Waals surface area contributed by atoms with Gasteiger partial charge < -0.3 is 10.2 Å². The smallest absolute Gasteiger partial charge is 0.229 e. The molecule has 0 bridgehead atoms. The second-order valence-corrected chi connectivity index (χ2v) is 5.11. The highest BCUT2D eigenvalue weighted by atomic mass is 16.2. The molecule has 1 aliphatic rings. The molecular formula is C14H21N3O. The molecule has 1 N–H and O–H groups in total. The van der Waals surface area contributed by atoms with Gasteiger partial charge in [0.25, 0.3) is 0 Å². The van der Waals surface area contributed by atoms with Crippen LogP contribution in [0.15, 0.2) is 24.4 Å². The summed E-state index contributed by atoms with van der Waals surface area (Å²) in [5, 5.41) is 3.12. The topological polar surface area (TPSA) is 45.2 Å². The third-order valence-electron chi connectivity index (χ3n) is 3.60. The number of hydrogen-bond donors (Lipinski definition) is 1. The van der Waals surface area contributed by atoms with Crippen LogP contribution in [0, 0.1) is 5.41 Å². The molecule has 0 spiro atoms. The maximum absolute atomic E-state index is 12.3. The van der Waals surface area contributed by atoms with Gasteiger partial charge >= 0.3 is 0 Å². The standard InChI is InChI=1S/C14H21N3O/c1-15-11-14(7-8-14)13(18)17(2)10-6-12-5-3-4-9-16-12/h3-5,9,15H,6-8,10-11H2,1-2H3. The zero-order chi connectivity index (χ0) is 13.0. The number of hydrogen-bond acceptors (Lipinski definition) is 3. The number of amides is 1. The highest BCUT2D eigenvalue weighted by Gasteiger charge is 2.50. The Morgan fingerprint density at radius 3 is 2.83 bits per heavy atom. The lowest BCUT2D eigenvalue weighted by molar-refractivity contribution is -0.135. The molecule has 18 heavy (non-hydrogen) atoms. The quantitative estimate of drug-likeness (QED) is 0.818. The van der Waals surface area contributed by atoms with Crippen LogP contribution in [0.4, 0.5) is 0 Å². The Kier molecular flexibility index (Phi) is 3.97. The number of aromatic nitrogens is 1. The van der Waals surface area contributed by atoms with E-state index in [1.165, 1.54) is 0 Å². The van der Waals surface area contributed by atoms with Gasteiger partial charge in [-0.1, -0.05) is 6.07 Å². The first-order valence-corrected chi connectivity index (χ1v) is 6.48. The molecule has 0 radical (unpaired) electrons. The Hall–Kier alpha value is -1.42. The molecule has 0 atom stereocenters. The van der Waals surface area contributed by atoms with Crippen LogP contribution in [-0.2, 0) is 11.2 Å². The molecule has 4 nitrogen and oxygen atoms in total. The van der Waals surface area contributed by atoms with Crippen LogP contribution in [0.2, 0.25) is 0 Å². The van der Waals surface area contributed by atoms with E-state index in [1.54, 1.807) is 6.20 Å². The van der Waals surface area contributed by atoms with Crippen molar-refractivity contribution >= 4 is 5.91 Å². The van der Waals surface area contributed by atoms with Crippen LogP contribution >= 0.6 is 0 Å². The lowest BCUT2D eigenvalue weighted by Gasteiger charge is -2.23. The van der Waals surface area contributed by atoms with Crippen LogP contribution in [0.25, 0.3) is 0 Å². The molecule has 1 aromatic heterocycles. The van der Waals surface area contributed by atoms with Gasteiger partial charge in [0.1, 0.15) is 0 Å². The van der Waals surface area contributed by atoms with Crippen molar-refractivity contribution < 1.29 is 4.79 Å². The molecule has 1 heterocycles. The van der Waals surface area contributed by atoms with E-state index >= 15 is 0 Å². The summed E-state index contributed by atoms with van der Waals surface area (Å²) >= 11 is 0. The molecule has 1 amide bonds. The molecule has 98 valence electrons. The molecule has 0 saturated heterocycles. The lowest BCUT2D eigenvalue weighted by atomic mass is 10.1. The first-order valence-electron chi connectivity index (χ1n) is 6.48. The fourth-order valence-electron chi connectivity index (χ4n) is 2.29. The molecule has 1 aromatic rings. The molecule has 2 rings (SSSR count). The van der Waals surface area contributed by atoms with Crippen molar-refractivity contribution in [2.75, 3.05) is 27.2 Å². The van der Waals surface area contributed by atoms with Gasteiger partial charge in [0.2, 0.25) is 5.91 Å². The molecule has 0 aliphatic heterocycles. The second-order valence-electron chi connectivity index (χ2n) is 5.11. The molecular weight excluding hydrogens is 226 g/mol. The van der Waals surface area contributed by atoms with Gasteiger partial charge in [0.05, 0.1) is 5.41 Å². The van der Waals surface area contributed by atoms with Gasteiger partial charge in [-0.15, -0.1) is 0 Å². The van der Waals surface area contributed by atoms with Crippen molar-refractivity contribution in [1.82, 2.24) is 15.2 Å². The SMILES string of the molecule is CNCC1(C(=O)N(C)CCc2ccccn2)CC1. The van der Waals surface area contributed by atoms with E-state index in [-0.39, 0.29) is 11.3 Å². The fourth-order valence-corrected chi connectivity index (χ4v) is 2.29. The summed E-state index contributed by atoms with van der Waals surface area (Å²) in [6.45, 7) is 1.53. The van der Waals surface area contributed by atoms with Crippen LogP contribution in [0.5, 0.6) is 0 Å². The molecule has 1 aliphatic carbocycles. The Labute approximate surface area is 108 Å². The molecule has 0 unspecified atom stereocenters. The highest BCUT2D eigenvalue weighted by molar-refractivity contribution is 5.85. The van der Waals surface area contributed by atoms with E-state index < -0.39 is 0 Å². The zero-order valence-electron chi connectivity index (χ0n) is 11.1. The Balaban J connectivity index is 1.85. The highest BCUT2D eigenvalue weighted by Crippen LogP contribution is 2.46. The number of likely N-dealkylation sites (N-methyl/N-ethyl adjacent to an activating group) is 1. The number of nitrogens with one attached hydrogen (secondary N) is 1. The van der Waals surface area contributed by atoms with Gasteiger partial charge in [-0.2, -0.15) is 0 Å². The Morgan fingerprint density at radius 1 is 1.50 bits per heavy atom. The Morgan fingerprint density at radius 2 is 2.28 bits per heavy atom. The number of rotatable bonds is 6. The first-order chi connectivity index (χ1) is 8.68. The summed E-state index contributed by atoms with van der Waals surface area (Å²) in [4.78, 5) is 18.4. The normalized spacial score (nSPS) is 16.3. The minimum absolute atomic E-state index is 0.117. The van der Waals surface area contributed by atoms with Crippen molar-refractivity contribution in [3.8, 4) is 0 Å². The van der Waals surface area contributed by atoms with Gasteiger partial charge in [0, 0.05) is 38.4 Å². The fraction of sp³-hybridized carbons (Fsp3) is 0.571. The van der Waals surface area contributed by atoms with E-state index in [4.69, 9.17) is 0 Å². The minimum Gasteiger partial charge on any atom is -0.345 e. The maximum Gasteiger partial charge on any atom is 0.229 e. The summed E-state index contributed by atoms with van der Waals surface area (Å²) in [7, 11) is 3.79. The second kappa shape index (κ2) is 5.48. The third kappa shape index (κ3) is 2.88. The van der Waals surface area contributed by atoms with E-state index in [1.807, 2.05) is 37.2 Å². The molecule has 0 aromatic carbocycles. The number of carbonyl (C=O) groups is 1. The van der Waals surface area contributed by atoms with Crippen LogP contribution in [0.1, 0.15) is 18.5 Å². The van der Waals surface area contributed by atoms with Crippen LogP contribution in [0.3, 0.4) is 0 Å². The van der Waals surface area contributed by atoms with E-state index in [0.29, 0.717) is 0 Å². The largest absolute Gasteiger partial charge is 0.345 e. The van der Waals surface area contributed by atoms with Crippen molar-refractivity contribution in [1.29, 1.82) is 0 Å². The summed E-state index contributed by atoms with van der Waals surface area (Å²) in [6, 6.07) is 5.89. The third-order valence-corrected chi connectivity index (χ3v) is 3.60. The number of carbonyl (C=O) groups excluding carboxylic acids is 1. The molecule has 4 heteroatoms. The van der Waals surface area contributed by atoms with Crippen molar-refractivity contribution in [3.05, 3.63) is 30.1 Å². The maximum atomic E-state index is 12.3. The monoisotopic (exact) mass is 247 g/mol. The first kappa shape index (κ1) is 13.0. The van der Waals surface area contributed by atoms with E-state index in [2.05, 4.69) is 10.3 Å². The summed E-state index contributed by atoms with van der Waals surface area (Å²) in [6.07, 6.45) is 4.64. The number of nitrogens with zero attached hydrogens (tertiary/aromatic N) is 2. The number of pyridine rings is 1. The van der Waals surface area contributed by atoms with Gasteiger partial charge in [-0.3, -0.25) is 9.78 Å². The van der Waals surface area contributed by atoms with Gasteiger partial charge in [-0.05, 0) is 32.0 Å². The summed E-state index contributed by atoms with van der Waals surface area (Å²) < 4.78 is 0. The minimum atomic E-state index is -0.117. The predicted octanol–water partition coefficient (Wildman–Crippen LogP) is 1.08. The van der Waals surface area contributed by atoms with Crippen molar-refractivity contribution in [2.45, 2.75) is 19.3 Å². The molecule has 1 fully saturated rings.